The second-order valence-corrected chi connectivity index (χ2v) is 13.1. The Hall–Kier alpha value is -3.85. The molecular weight excluding hydrogens is 596 g/mol. The fraction of sp³-hybridized carbons (Fsp3) is 0.553. The summed E-state index contributed by atoms with van der Waals surface area (Å²) in [6, 6.07) is 16.0. The molecule has 5 rings (SSSR count). The molecule has 2 aromatic carbocycles. The molecule has 1 saturated heterocycles. The SMILES string of the molecule is COC(=O)[C@]12C[C@H](CC(=O)NCCCCc3ccccc3)C(=O)N(CCc3ccc(OC)c(OC)c3)C1=C[C@H](C1CCCC1)O[C@@H]2C. The van der Waals surface area contributed by atoms with Crippen LogP contribution in [0.1, 0.15) is 69.4 Å². The number of likely N-dealkylation sites (tertiary alicyclic amines) is 1. The number of hydrogen-bond acceptors (Lipinski definition) is 7. The van der Waals surface area contributed by atoms with Gasteiger partial charge in [-0.15, -0.1) is 0 Å². The predicted octanol–water partition coefficient (Wildman–Crippen LogP) is 5.64. The Bertz CT molecular complexity index is 1420. The highest BCUT2D eigenvalue weighted by Crippen LogP contribution is 2.51. The average Bonchev–Trinajstić information content (AvgIpc) is 3.64. The van der Waals surface area contributed by atoms with Crippen molar-refractivity contribution < 1.29 is 33.3 Å². The molecule has 0 aromatic heterocycles. The number of benzene rings is 2. The third-order valence-corrected chi connectivity index (χ3v) is 10.3. The van der Waals surface area contributed by atoms with Crippen LogP contribution in [0, 0.1) is 17.3 Å². The molecule has 1 saturated carbocycles. The molecule has 2 heterocycles. The number of methoxy groups -OCH3 is 3. The fourth-order valence-electron chi connectivity index (χ4n) is 7.68. The number of fused-ring (bicyclic) bond motifs is 1. The van der Waals surface area contributed by atoms with Crippen LogP contribution in [0.5, 0.6) is 11.5 Å². The van der Waals surface area contributed by atoms with Crippen molar-refractivity contribution in [1.29, 1.82) is 0 Å². The first-order chi connectivity index (χ1) is 22.8. The van der Waals surface area contributed by atoms with Crippen LogP contribution in [0.4, 0.5) is 0 Å². The molecule has 0 radical (unpaired) electrons. The number of ether oxygens (including phenoxy) is 4. The maximum absolute atomic E-state index is 14.3. The minimum Gasteiger partial charge on any atom is -0.493 e. The van der Waals surface area contributed by atoms with E-state index < -0.39 is 23.4 Å². The van der Waals surface area contributed by atoms with E-state index in [1.54, 1.807) is 19.1 Å². The second-order valence-electron chi connectivity index (χ2n) is 13.1. The first-order valence-corrected chi connectivity index (χ1v) is 17.1. The van der Waals surface area contributed by atoms with E-state index in [9.17, 15) is 14.4 Å². The van der Waals surface area contributed by atoms with Crippen LogP contribution in [-0.2, 0) is 36.7 Å². The van der Waals surface area contributed by atoms with Crippen LogP contribution in [-0.4, -0.2) is 69.3 Å². The van der Waals surface area contributed by atoms with E-state index in [0.717, 1.165) is 50.5 Å². The van der Waals surface area contributed by atoms with E-state index in [-0.39, 0.29) is 30.8 Å². The van der Waals surface area contributed by atoms with Crippen molar-refractivity contribution in [3.05, 3.63) is 71.4 Å². The Labute approximate surface area is 279 Å². The summed E-state index contributed by atoms with van der Waals surface area (Å²) in [4.78, 5) is 43.2. The van der Waals surface area contributed by atoms with E-state index in [1.807, 2.05) is 49.4 Å². The van der Waals surface area contributed by atoms with E-state index in [2.05, 4.69) is 17.4 Å². The van der Waals surface area contributed by atoms with Gasteiger partial charge in [0.1, 0.15) is 5.41 Å². The highest BCUT2D eigenvalue weighted by atomic mass is 16.5. The van der Waals surface area contributed by atoms with Gasteiger partial charge in [-0.3, -0.25) is 14.4 Å². The number of esters is 1. The van der Waals surface area contributed by atoms with Crippen molar-refractivity contribution >= 4 is 17.8 Å². The topological polar surface area (TPSA) is 103 Å². The maximum Gasteiger partial charge on any atom is 0.320 e. The number of piperidine rings is 1. The van der Waals surface area contributed by atoms with Crippen LogP contribution >= 0.6 is 0 Å². The van der Waals surface area contributed by atoms with Gasteiger partial charge in [-0.2, -0.15) is 0 Å². The van der Waals surface area contributed by atoms with Gasteiger partial charge < -0.3 is 29.2 Å². The number of carbonyl (C=O) groups is 3. The summed E-state index contributed by atoms with van der Waals surface area (Å²) in [5.74, 6) is 0.108. The quantitative estimate of drug-likeness (QED) is 0.209. The molecule has 3 aliphatic rings. The number of aryl methyl sites for hydroxylation is 1. The Kier molecular flexibility index (Phi) is 11.6. The van der Waals surface area contributed by atoms with E-state index in [1.165, 1.54) is 12.7 Å². The summed E-state index contributed by atoms with van der Waals surface area (Å²) in [5.41, 5.74) is 1.69. The normalized spacial score (nSPS) is 24.3. The molecule has 254 valence electrons. The number of nitrogens with zero attached hydrogens (tertiary/aromatic N) is 1. The summed E-state index contributed by atoms with van der Waals surface area (Å²) in [5, 5.41) is 3.02. The molecule has 47 heavy (non-hydrogen) atoms. The largest absolute Gasteiger partial charge is 0.493 e. The predicted molar refractivity (Wildman–Crippen MR) is 179 cm³/mol. The molecule has 2 amide bonds. The number of amides is 2. The van der Waals surface area contributed by atoms with Gasteiger partial charge >= 0.3 is 5.97 Å². The van der Waals surface area contributed by atoms with Gasteiger partial charge in [0.25, 0.3) is 0 Å². The molecule has 9 heteroatoms. The lowest BCUT2D eigenvalue weighted by Gasteiger charge is -2.52. The Morgan fingerprint density at radius 2 is 1.70 bits per heavy atom. The summed E-state index contributed by atoms with van der Waals surface area (Å²) in [6.07, 6.45) is 9.12. The molecule has 2 fully saturated rings. The van der Waals surface area contributed by atoms with Crippen molar-refractivity contribution in [2.75, 3.05) is 34.4 Å². The van der Waals surface area contributed by atoms with E-state index in [0.29, 0.717) is 42.6 Å². The number of unbranched alkanes of at least 4 members (excludes halogenated alkanes) is 1. The van der Waals surface area contributed by atoms with Gasteiger partial charge in [-0.25, -0.2) is 0 Å². The fourth-order valence-corrected chi connectivity index (χ4v) is 7.68. The first-order valence-electron chi connectivity index (χ1n) is 17.1. The Balaban J connectivity index is 1.37. The number of carbonyl (C=O) groups excluding carboxylic acids is 3. The lowest BCUT2D eigenvalue weighted by Crippen LogP contribution is -2.61. The smallest absolute Gasteiger partial charge is 0.320 e. The van der Waals surface area contributed by atoms with Crippen molar-refractivity contribution in [3.8, 4) is 11.5 Å². The maximum atomic E-state index is 14.3. The highest BCUT2D eigenvalue weighted by molar-refractivity contribution is 5.92. The molecule has 0 bridgehead atoms. The minimum absolute atomic E-state index is 0.00479. The molecular formula is C38H50N2O7. The molecule has 0 spiro atoms. The van der Waals surface area contributed by atoms with Crippen LogP contribution in [0.2, 0.25) is 0 Å². The lowest BCUT2D eigenvalue weighted by molar-refractivity contribution is -0.177. The third-order valence-electron chi connectivity index (χ3n) is 10.3. The summed E-state index contributed by atoms with van der Waals surface area (Å²) in [7, 11) is 4.57. The summed E-state index contributed by atoms with van der Waals surface area (Å²) in [6.45, 7) is 2.78. The Morgan fingerprint density at radius 1 is 0.957 bits per heavy atom. The zero-order chi connectivity index (χ0) is 33.4. The van der Waals surface area contributed by atoms with Crippen molar-refractivity contribution in [3.63, 3.8) is 0 Å². The highest BCUT2D eigenvalue weighted by Gasteiger charge is 2.60. The van der Waals surface area contributed by atoms with Gasteiger partial charge in [0.2, 0.25) is 11.8 Å². The average molecular weight is 647 g/mol. The van der Waals surface area contributed by atoms with Gasteiger partial charge in [-0.05, 0) is 87.1 Å². The van der Waals surface area contributed by atoms with E-state index >= 15 is 0 Å². The number of rotatable bonds is 14. The van der Waals surface area contributed by atoms with Gasteiger partial charge in [0.05, 0.1) is 33.5 Å². The molecule has 2 aromatic rings. The van der Waals surface area contributed by atoms with Gasteiger partial charge in [0, 0.05) is 31.1 Å². The molecule has 1 N–H and O–H groups in total. The monoisotopic (exact) mass is 646 g/mol. The zero-order valence-electron chi connectivity index (χ0n) is 28.3. The standard InChI is InChI=1S/C38H50N2O7/c1-26-38(37(43)46-4)25-30(23-35(41)39-20-11-10-14-27-12-6-5-7-13-27)36(42)40(34(38)24-32(47-26)29-15-8-9-16-29)21-19-28-17-18-31(44-2)33(22-28)45-3/h5-7,12-13,17-18,22,24,26,29-30,32H,8-11,14-16,19-21,23,25H2,1-4H3,(H,39,41)/t26-,30+,32-,38+/m1/s1. The molecule has 2 aliphatic heterocycles. The third kappa shape index (κ3) is 7.67. The second kappa shape index (κ2) is 15.8. The summed E-state index contributed by atoms with van der Waals surface area (Å²) < 4.78 is 23.0. The molecule has 1 aliphatic carbocycles. The minimum atomic E-state index is -1.20. The van der Waals surface area contributed by atoms with Crippen molar-refractivity contribution in [2.45, 2.75) is 83.3 Å². The van der Waals surface area contributed by atoms with Gasteiger partial charge in [0.15, 0.2) is 11.5 Å². The number of hydrogen-bond donors (Lipinski definition) is 1. The first kappa shape index (κ1) is 34.5. The Morgan fingerprint density at radius 3 is 2.40 bits per heavy atom. The molecule has 9 nitrogen and oxygen atoms in total. The van der Waals surface area contributed by atoms with Crippen LogP contribution in [0.25, 0.3) is 0 Å². The van der Waals surface area contributed by atoms with Crippen LogP contribution < -0.4 is 14.8 Å². The zero-order valence-corrected chi connectivity index (χ0v) is 28.3. The van der Waals surface area contributed by atoms with Gasteiger partial charge in [-0.1, -0.05) is 49.2 Å². The van der Waals surface area contributed by atoms with Crippen molar-refractivity contribution in [2.24, 2.45) is 17.3 Å². The molecule has 4 atom stereocenters. The van der Waals surface area contributed by atoms with Crippen LogP contribution in [0.3, 0.4) is 0 Å². The van der Waals surface area contributed by atoms with E-state index in [4.69, 9.17) is 18.9 Å². The number of nitrogens with one attached hydrogen (secondary N) is 1. The summed E-state index contributed by atoms with van der Waals surface area (Å²) >= 11 is 0. The van der Waals surface area contributed by atoms with Crippen LogP contribution in [0.15, 0.2) is 60.3 Å². The lowest BCUT2D eigenvalue weighted by atomic mass is 9.66. The van der Waals surface area contributed by atoms with Crippen molar-refractivity contribution in [1.82, 2.24) is 10.2 Å². The molecule has 0 unspecified atom stereocenters.